The Morgan fingerprint density at radius 2 is 1.41 bits per heavy atom. The van der Waals surface area contributed by atoms with Crippen molar-refractivity contribution in [2.75, 3.05) is 0 Å². The van der Waals surface area contributed by atoms with Gasteiger partial charge in [0.2, 0.25) is 0 Å². The number of hydrogen-bond donors (Lipinski definition) is 0. The molecule has 2 nitrogen and oxygen atoms in total. The van der Waals surface area contributed by atoms with Crippen LogP contribution >= 0.6 is 23.2 Å². The molecule has 0 atom stereocenters. The lowest BCUT2D eigenvalue weighted by Gasteiger charge is -2.12. The van der Waals surface area contributed by atoms with Crippen molar-refractivity contribution in [3.63, 3.8) is 0 Å². The third-order valence-corrected chi connectivity index (χ3v) is 3.51. The lowest BCUT2D eigenvalue weighted by atomic mass is 10.2. The molecule has 1 heterocycles. The highest BCUT2D eigenvalue weighted by molar-refractivity contribution is 6.30. The number of alkyl halides is 2. The third kappa shape index (κ3) is 3.13. The number of benzene rings is 2. The maximum atomic E-state index is 13.9. The summed E-state index contributed by atoms with van der Waals surface area (Å²) in [5.74, 6) is 0.0504. The van der Waals surface area contributed by atoms with Gasteiger partial charge in [0, 0.05) is 21.7 Å². The molecule has 0 radical (unpaired) electrons. The summed E-state index contributed by atoms with van der Waals surface area (Å²) >= 11 is 11.5. The Morgan fingerprint density at radius 3 is 2.00 bits per heavy atom. The summed E-state index contributed by atoms with van der Waals surface area (Å²) in [6, 6.07) is 12.7. The van der Waals surface area contributed by atoms with Gasteiger partial charge in [-0.15, -0.1) is 0 Å². The molecule has 0 saturated carbocycles. The van der Waals surface area contributed by atoms with Crippen molar-refractivity contribution in [1.29, 1.82) is 0 Å². The zero-order chi connectivity index (χ0) is 15.7. The van der Waals surface area contributed by atoms with E-state index in [0.29, 0.717) is 21.3 Å². The topological polar surface area (TPSA) is 21.6 Å². The van der Waals surface area contributed by atoms with E-state index in [1.165, 1.54) is 6.08 Å². The highest BCUT2D eigenvalue weighted by Gasteiger charge is 2.44. The molecule has 0 spiro atoms. The number of rotatable bonds is 2. The second-order valence-electron chi connectivity index (χ2n) is 4.61. The molecule has 0 fully saturated rings. The quantitative estimate of drug-likeness (QED) is 0.684. The molecule has 0 unspecified atom stereocenters. The Labute approximate surface area is 135 Å². The zero-order valence-corrected chi connectivity index (χ0v) is 12.6. The fraction of sp³-hybridized carbons (Fsp3) is 0.0625. The second-order valence-corrected chi connectivity index (χ2v) is 5.48. The third-order valence-electron chi connectivity index (χ3n) is 3.01. The Balaban J connectivity index is 1.96. The van der Waals surface area contributed by atoms with Gasteiger partial charge < -0.3 is 4.74 Å². The van der Waals surface area contributed by atoms with Gasteiger partial charge >= 0.3 is 6.11 Å². The van der Waals surface area contributed by atoms with E-state index in [0.717, 1.165) is 0 Å². The lowest BCUT2D eigenvalue weighted by molar-refractivity contribution is -0.125. The van der Waals surface area contributed by atoms with Crippen LogP contribution in [0.4, 0.5) is 14.5 Å². The molecule has 0 aromatic heterocycles. The van der Waals surface area contributed by atoms with E-state index in [4.69, 9.17) is 27.9 Å². The molecule has 6 heteroatoms. The van der Waals surface area contributed by atoms with E-state index in [9.17, 15) is 8.78 Å². The molecule has 0 N–H and O–H groups in total. The van der Waals surface area contributed by atoms with Gasteiger partial charge in [-0.3, -0.25) is 0 Å². The Morgan fingerprint density at radius 1 is 0.864 bits per heavy atom. The zero-order valence-electron chi connectivity index (χ0n) is 11.1. The van der Waals surface area contributed by atoms with Gasteiger partial charge in [-0.1, -0.05) is 23.2 Å². The minimum absolute atomic E-state index is 0.0504. The summed E-state index contributed by atoms with van der Waals surface area (Å²) in [7, 11) is 0. The normalized spacial score (nSPS) is 18.2. The minimum atomic E-state index is -3.48. The van der Waals surface area contributed by atoms with Crippen LogP contribution in [0.5, 0.6) is 0 Å². The molecule has 112 valence electrons. The first-order valence-electron chi connectivity index (χ1n) is 6.33. The molecule has 0 bridgehead atoms. The lowest BCUT2D eigenvalue weighted by Crippen LogP contribution is -2.24. The highest BCUT2D eigenvalue weighted by Crippen LogP contribution is 2.36. The molecule has 22 heavy (non-hydrogen) atoms. The first-order chi connectivity index (χ1) is 10.4. The standard InChI is InChI=1S/C16H9Cl2F2NO/c17-11-3-1-10(2-4-11)14-9-15(16(19,20)22-14)21-13-7-5-12(18)6-8-13/h1-9H. The predicted octanol–water partition coefficient (Wildman–Crippen LogP) is 5.73. The van der Waals surface area contributed by atoms with Crippen LogP contribution < -0.4 is 0 Å². The van der Waals surface area contributed by atoms with Gasteiger partial charge in [-0.05, 0) is 48.5 Å². The molecule has 3 rings (SSSR count). The first-order valence-corrected chi connectivity index (χ1v) is 7.09. The molecule has 2 aromatic rings. The van der Waals surface area contributed by atoms with Gasteiger partial charge in [-0.2, -0.15) is 8.78 Å². The Bertz CT molecular complexity index is 753. The number of ether oxygens (including phenoxy) is 1. The number of hydrogen-bond acceptors (Lipinski definition) is 2. The van der Waals surface area contributed by atoms with E-state index < -0.39 is 11.8 Å². The van der Waals surface area contributed by atoms with Crippen molar-refractivity contribution < 1.29 is 13.5 Å². The molecular formula is C16H9Cl2F2NO. The smallest absolute Gasteiger partial charge is 0.427 e. The Hall–Kier alpha value is -1.91. The SMILES string of the molecule is FC1(F)OC(c2ccc(Cl)cc2)=CC1=Nc1ccc(Cl)cc1. The van der Waals surface area contributed by atoms with Crippen LogP contribution in [0.25, 0.3) is 5.76 Å². The van der Waals surface area contributed by atoms with E-state index in [1.807, 2.05) is 0 Å². The molecule has 1 aliphatic heterocycles. The molecule has 0 amide bonds. The average Bonchev–Trinajstić information content (AvgIpc) is 2.77. The number of aliphatic imine (C=N–C) groups is 1. The second kappa shape index (κ2) is 5.71. The highest BCUT2D eigenvalue weighted by atomic mass is 35.5. The van der Waals surface area contributed by atoms with Gasteiger partial charge in [0.1, 0.15) is 5.76 Å². The average molecular weight is 340 g/mol. The summed E-state index contributed by atoms with van der Waals surface area (Å²) in [6.07, 6.45) is -2.26. The summed E-state index contributed by atoms with van der Waals surface area (Å²) in [4.78, 5) is 3.93. The van der Waals surface area contributed by atoms with Crippen LogP contribution in [0.15, 0.2) is 59.6 Å². The van der Waals surface area contributed by atoms with Crippen molar-refractivity contribution in [3.05, 3.63) is 70.2 Å². The van der Waals surface area contributed by atoms with Crippen molar-refractivity contribution in [2.24, 2.45) is 4.99 Å². The molecule has 0 saturated heterocycles. The first kappa shape index (κ1) is 15.0. The molecule has 1 aliphatic rings. The monoisotopic (exact) mass is 339 g/mol. The van der Waals surface area contributed by atoms with Crippen LogP contribution in [0.2, 0.25) is 10.0 Å². The molecule has 2 aromatic carbocycles. The van der Waals surface area contributed by atoms with Gasteiger partial charge in [0.25, 0.3) is 0 Å². The van der Waals surface area contributed by atoms with Gasteiger partial charge in [0.05, 0.1) is 5.69 Å². The van der Waals surface area contributed by atoms with Gasteiger partial charge in [0.15, 0.2) is 5.71 Å². The van der Waals surface area contributed by atoms with Crippen molar-refractivity contribution in [3.8, 4) is 0 Å². The summed E-state index contributed by atoms with van der Waals surface area (Å²) < 4.78 is 32.6. The number of nitrogens with zero attached hydrogens (tertiary/aromatic N) is 1. The fourth-order valence-electron chi connectivity index (χ4n) is 1.94. The van der Waals surface area contributed by atoms with Crippen LogP contribution in [-0.2, 0) is 4.74 Å². The van der Waals surface area contributed by atoms with Crippen LogP contribution in [0.3, 0.4) is 0 Å². The van der Waals surface area contributed by atoms with Crippen molar-refractivity contribution in [2.45, 2.75) is 6.11 Å². The van der Waals surface area contributed by atoms with Gasteiger partial charge in [-0.25, -0.2) is 4.99 Å². The maximum Gasteiger partial charge on any atom is 0.444 e. The van der Waals surface area contributed by atoms with Crippen molar-refractivity contribution >= 4 is 40.4 Å². The van der Waals surface area contributed by atoms with E-state index in [2.05, 4.69) is 4.99 Å². The summed E-state index contributed by atoms with van der Waals surface area (Å²) in [5, 5.41) is 1.03. The molecular weight excluding hydrogens is 331 g/mol. The fourth-order valence-corrected chi connectivity index (χ4v) is 2.19. The van der Waals surface area contributed by atoms with Crippen LogP contribution in [0.1, 0.15) is 5.56 Å². The summed E-state index contributed by atoms with van der Waals surface area (Å²) in [5.41, 5.74) is 0.418. The van der Waals surface area contributed by atoms with E-state index in [-0.39, 0.29) is 5.76 Å². The van der Waals surface area contributed by atoms with Crippen LogP contribution in [0, 0.1) is 0 Å². The maximum absolute atomic E-state index is 13.9. The number of halogens is 4. The Kier molecular flexibility index (Phi) is 3.89. The van der Waals surface area contributed by atoms with Crippen LogP contribution in [-0.4, -0.2) is 11.8 Å². The van der Waals surface area contributed by atoms with E-state index in [1.54, 1.807) is 48.5 Å². The molecule has 0 aliphatic carbocycles. The largest absolute Gasteiger partial charge is 0.444 e. The minimum Gasteiger partial charge on any atom is -0.427 e. The summed E-state index contributed by atoms with van der Waals surface area (Å²) in [6.45, 7) is 0. The van der Waals surface area contributed by atoms with E-state index >= 15 is 0 Å². The predicted molar refractivity (Wildman–Crippen MR) is 84.0 cm³/mol. The van der Waals surface area contributed by atoms with Crippen molar-refractivity contribution in [1.82, 2.24) is 0 Å².